The molecule has 2 aromatic rings. The number of nitrogens with zero attached hydrogens (tertiary/aromatic N) is 1. The van der Waals surface area contributed by atoms with E-state index < -0.39 is 0 Å². The average Bonchev–Trinajstić information content (AvgIpc) is 2.53. The predicted molar refractivity (Wildman–Crippen MR) is 48.3 cm³/mol. The fourth-order valence-corrected chi connectivity index (χ4v) is 1.09. The first-order chi connectivity index (χ1) is 6.25. The zero-order valence-electron chi connectivity index (χ0n) is 7.19. The number of hydrogen-bond acceptors (Lipinski definition) is 3. The van der Waals surface area contributed by atoms with E-state index in [1.54, 1.807) is 30.5 Å². The van der Waals surface area contributed by atoms with Crippen molar-refractivity contribution in [1.29, 1.82) is 0 Å². The lowest BCUT2D eigenvalue weighted by molar-refractivity contribution is 0.475. The van der Waals surface area contributed by atoms with Gasteiger partial charge in [0.2, 0.25) is 5.89 Å². The summed E-state index contributed by atoms with van der Waals surface area (Å²) in [5, 5.41) is 9.06. The van der Waals surface area contributed by atoms with Gasteiger partial charge in [-0.1, -0.05) is 0 Å². The monoisotopic (exact) mass is 175 g/mol. The Labute approximate surface area is 75.7 Å². The van der Waals surface area contributed by atoms with Crippen molar-refractivity contribution in [1.82, 2.24) is 4.98 Å². The second-order valence-corrected chi connectivity index (χ2v) is 2.82. The third-order valence-corrected chi connectivity index (χ3v) is 1.74. The van der Waals surface area contributed by atoms with E-state index in [0.29, 0.717) is 5.89 Å². The van der Waals surface area contributed by atoms with Crippen molar-refractivity contribution in [3.8, 4) is 17.2 Å². The molecule has 0 bridgehead atoms. The largest absolute Gasteiger partial charge is 0.508 e. The Bertz CT molecular complexity index is 403. The molecule has 0 atom stereocenters. The highest BCUT2D eigenvalue weighted by Crippen LogP contribution is 2.20. The number of aromatic hydroxyl groups is 1. The first kappa shape index (κ1) is 7.86. The van der Waals surface area contributed by atoms with E-state index in [9.17, 15) is 0 Å². The summed E-state index contributed by atoms with van der Waals surface area (Å²) in [4.78, 5) is 4.07. The molecule has 2 rings (SSSR count). The van der Waals surface area contributed by atoms with Crippen LogP contribution in [0.25, 0.3) is 11.5 Å². The predicted octanol–water partition coefficient (Wildman–Crippen LogP) is 2.36. The van der Waals surface area contributed by atoms with Crippen LogP contribution in [0, 0.1) is 6.92 Å². The summed E-state index contributed by atoms with van der Waals surface area (Å²) in [5.74, 6) is 1.60. The Morgan fingerprint density at radius 2 is 1.92 bits per heavy atom. The van der Waals surface area contributed by atoms with E-state index in [4.69, 9.17) is 9.52 Å². The smallest absolute Gasteiger partial charge is 0.226 e. The highest BCUT2D eigenvalue weighted by atomic mass is 16.4. The van der Waals surface area contributed by atoms with Gasteiger partial charge in [0.05, 0.1) is 6.20 Å². The van der Waals surface area contributed by atoms with Crippen molar-refractivity contribution >= 4 is 0 Å². The van der Waals surface area contributed by atoms with Crippen LogP contribution in [0.4, 0.5) is 0 Å². The molecule has 0 fully saturated rings. The topological polar surface area (TPSA) is 46.3 Å². The molecular weight excluding hydrogens is 166 g/mol. The minimum atomic E-state index is 0.243. The zero-order valence-corrected chi connectivity index (χ0v) is 7.19. The van der Waals surface area contributed by atoms with Gasteiger partial charge in [-0.25, -0.2) is 4.98 Å². The molecule has 0 spiro atoms. The second-order valence-electron chi connectivity index (χ2n) is 2.82. The molecule has 1 aromatic carbocycles. The lowest BCUT2D eigenvalue weighted by atomic mass is 10.2. The van der Waals surface area contributed by atoms with E-state index in [0.717, 1.165) is 11.3 Å². The zero-order chi connectivity index (χ0) is 9.26. The van der Waals surface area contributed by atoms with Gasteiger partial charge in [-0.15, -0.1) is 0 Å². The van der Waals surface area contributed by atoms with Gasteiger partial charge in [0.15, 0.2) is 0 Å². The molecule has 3 heteroatoms. The molecule has 0 radical (unpaired) electrons. The summed E-state index contributed by atoms with van der Waals surface area (Å²) in [6.07, 6.45) is 1.67. The van der Waals surface area contributed by atoms with Gasteiger partial charge >= 0.3 is 0 Å². The number of hydrogen-bond donors (Lipinski definition) is 1. The van der Waals surface area contributed by atoms with Crippen LogP contribution in [0.1, 0.15) is 5.76 Å². The molecule has 0 saturated carbocycles. The molecule has 13 heavy (non-hydrogen) atoms. The molecule has 0 saturated heterocycles. The van der Waals surface area contributed by atoms with Crippen molar-refractivity contribution in [2.45, 2.75) is 6.92 Å². The van der Waals surface area contributed by atoms with Gasteiger partial charge in [0, 0.05) is 5.56 Å². The highest BCUT2D eigenvalue weighted by molar-refractivity contribution is 5.54. The Kier molecular flexibility index (Phi) is 1.77. The van der Waals surface area contributed by atoms with Crippen molar-refractivity contribution < 1.29 is 9.52 Å². The van der Waals surface area contributed by atoms with Crippen molar-refractivity contribution in [2.75, 3.05) is 0 Å². The summed E-state index contributed by atoms with van der Waals surface area (Å²) in [5.41, 5.74) is 0.867. The summed E-state index contributed by atoms with van der Waals surface area (Å²) in [7, 11) is 0. The summed E-state index contributed by atoms with van der Waals surface area (Å²) in [6.45, 7) is 1.84. The van der Waals surface area contributed by atoms with Crippen LogP contribution >= 0.6 is 0 Å². The van der Waals surface area contributed by atoms with Crippen LogP contribution < -0.4 is 0 Å². The average molecular weight is 175 g/mol. The lowest BCUT2D eigenvalue weighted by Gasteiger charge is -1.94. The molecule has 1 heterocycles. The first-order valence-corrected chi connectivity index (χ1v) is 3.97. The van der Waals surface area contributed by atoms with Crippen LogP contribution in [-0.4, -0.2) is 10.1 Å². The highest BCUT2D eigenvalue weighted by Gasteiger charge is 2.02. The molecule has 0 unspecified atom stereocenters. The first-order valence-electron chi connectivity index (χ1n) is 3.97. The van der Waals surface area contributed by atoms with Crippen LogP contribution in [0.2, 0.25) is 0 Å². The molecular formula is C10H9NO2. The number of phenols is 1. The van der Waals surface area contributed by atoms with E-state index in [2.05, 4.69) is 4.98 Å². The number of aromatic nitrogens is 1. The normalized spacial score (nSPS) is 10.2. The SMILES string of the molecule is Cc1cnc(-c2ccc(O)cc2)o1. The molecule has 1 aromatic heterocycles. The molecule has 0 aliphatic rings. The van der Waals surface area contributed by atoms with Crippen LogP contribution in [0.5, 0.6) is 5.75 Å². The quantitative estimate of drug-likeness (QED) is 0.723. The van der Waals surface area contributed by atoms with Crippen molar-refractivity contribution in [3.05, 3.63) is 36.2 Å². The minimum absolute atomic E-state index is 0.243. The standard InChI is InChI=1S/C10H9NO2/c1-7-6-11-10(13-7)8-2-4-9(12)5-3-8/h2-6,12H,1H3. The Morgan fingerprint density at radius 1 is 1.23 bits per heavy atom. The van der Waals surface area contributed by atoms with Crippen LogP contribution in [-0.2, 0) is 0 Å². The Balaban J connectivity index is 2.41. The van der Waals surface area contributed by atoms with E-state index in [-0.39, 0.29) is 5.75 Å². The molecule has 0 aliphatic heterocycles. The Morgan fingerprint density at radius 3 is 2.46 bits per heavy atom. The number of benzene rings is 1. The third-order valence-electron chi connectivity index (χ3n) is 1.74. The maximum Gasteiger partial charge on any atom is 0.226 e. The molecule has 0 amide bonds. The van der Waals surface area contributed by atoms with Gasteiger partial charge in [-0.05, 0) is 31.2 Å². The summed E-state index contributed by atoms with van der Waals surface area (Å²) < 4.78 is 5.32. The number of rotatable bonds is 1. The fourth-order valence-electron chi connectivity index (χ4n) is 1.09. The van der Waals surface area contributed by atoms with Gasteiger partial charge in [0.1, 0.15) is 11.5 Å². The molecule has 66 valence electrons. The van der Waals surface area contributed by atoms with Crippen molar-refractivity contribution in [2.24, 2.45) is 0 Å². The van der Waals surface area contributed by atoms with Crippen LogP contribution in [0.15, 0.2) is 34.9 Å². The third kappa shape index (κ3) is 1.54. The van der Waals surface area contributed by atoms with Gasteiger partial charge in [-0.2, -0.15) is 0 Å². The Hall–Kier alpha value is -1.77. The van der Waals surface area contributed by atoms with E-state index >= 15 is 0 Å². The van der Waals surface area contributed by atoms with Gasteiger partial charge in [0.25, 0.3) is 0 Å². The number of aryl methyl sites for hydroxylation is 1. The summed E-state index contributed by atoms with van der Waals surface area (Å²) in [6, 6.07) is 6.74. The fraction of sp³-hybridized carbons (Fsp3) is 0.100. The van der Waals surface area contributed by atoms with Crippen LogP contribution in [0.3, 0.4) is 0 Å². The van der Waals surface area contributed by atoms with Gasteiger partial charge < -0.3 is 9.52 Å². The minimum Gasteiger partial charge on any atom is -0.508 e. The second kappa shape index (κ2) is 2.94. The number of phenolic OH excluding ortho intramolecular Hbond substituents is 1. The molecule has 0 aliphatic carbocycles. The summed E-state index contributed by atoms with van der Waals surface area (Å²) >= 11 is 0. The number of oxazole rings is 1. The van der Waals surface area contributed by atoms with Gasteiger partial charge in [-0.3, -0.25) is 0 Å². The molecule has 1 N–H and O–H groups in total. The van der Waals surface area contributed by atoms with E-state index in [1.807, 2.05) is 6.92 Å². The maximum atomic E-state index is 9.06. The van der Waals surface area contributed by atoms with E-state index in [1.165, 1.54) is 0 Å². The molecule has 3 nitrogen and oxygen atoms in total. The maximum absolute atomic E-state index is 9.06. The van der Waals surface area contributed by atoms with Crippen molar-refractivity contribution in [3.63, 3.8) is 0 Å². The lowest BCUT2D eigenvalue weighted by Crippen LogP contribution is -1.74.